The van der Waals surface area contributed by atoms with E-state index in [9.17, 15) is 0 Å². The summed E-state index contributed by atoms with van der Waals surface area (Å²) in [7, 11) is 4.06. The third-order valence-electron chi connectivity index (χ3n) is 1.08. The SMILES string of the molecule is CC(N=C=S)[NH+](C)C.[Br-]. The van der Waals surface area contributed by atoms with Gasteiger partial charge in [-0.1, -0.05) is 0 Å². The fraction of sp³-hybridized carbons (Fsp3) is 0.800. The molecule has 0 heterocycles. The first-order valence-electron chi connectivity index (χ1n) is 2.55. The highest BCUT2D eigenvalue weighted by Crippen LogP contribution is 1.69. The summed E-state index contributed by atoms with van der Waals surface area (Å²) < 4.78 is 0. The standard InChI is InChI=1S/C5H10N2S.BrH/c1-5(6-4-8)7(2)3;/h5H,1-3H3;1H. The lowest BCUT2D eigenvalue weighted by molar-refractivity contribution is -0.882. The van der Waals surface area contributed by atoms with Gasteiger partial charge in [-0.3, -0.25) is 0 Å². The molecule has 1 atom stereocenters. The predicted molar refractivity (Wildman–Crippen MR) is 37.3 cm³/mol. The molecule has 0 spiro atoms. The first-order valence-corrected chi connectivity index (χ1v) is 2.96. The van der Waals surface area contributed by atoms with Crippen molar-refractivity contribution in [3.8, 4) is 0 Å². The first-order chi connectivity index (χ1) is 3.68. The molecule has 0 rings (SSSR count). The minimum atomic E-state index is 0. The highest BCUT2D eigenvalue weighted by molar-refractivity contribution is 7.78. The number of rotatable bonds is 2. The maximum Gasteiger partial charge on any atom is 0.187 e. The van der Waals surface area contributed by atoms with Crippen molar-refractivity contribution in [3.63, 3.8) is 0 Å². The summed E-state index contributed by atoms with van der Waals surface area (Å²) in [5, 5.41) is 2.34. The summed E-state index contributed by atoms with van der Waals surface area (Å²) in [4.78, 5) is 5.12. The Morgan fingerprint density at radius 2 is 2.00 bits per heavy atom. The van der Waals surface area contributed by atoms with Crippen LogP contribution in [0.4, 0.5) is 0 Å². The zero-order chi connectivity index (χ0) is 6.57. The van der Waals surface area contributed by atoms with Gasteiger partial charge in [-0.25, -0.2) is 0 Å². The average molecular weight is 211 g/mol. The predicted octanol–water partition coefficient (Wildman–Crippen LogP) is -3.42. The quantitative estimate of drug-likeness (QED) is 0.372. The number of halogens is 1. The largest absolute Gasteiger partial charge is 1.00 e. The van der Waals surface area contributed by atoms with Crippen LogP contribution in [0.25, 0.3) is 0 Å². The van der Waals surface area contributed by atoms with Crippen LogP contribution in [0.5, 0.6) is 0 Å². The van der Waals surface area contributed by atoms with Gasteiger partial charge in [0, 0.05) is 6.92 Å². The third kappa shape index (κ3) is 6.12. The molecule has 0 amide bonds. The van der Waals surface area contributed by atoms with Gasteiger partial charge in [0.05, 0.1) is 19.3 Å². The van der Waals surface area contributed by atoms with E-state index in [1.54, 1.807) is 0 Å². The molecule has 0 aliphatic rings. The molecular formula is C5H11BrN2S. The lowest BCUT2D eigenvalue weighted by Gasteiger charge is -2.09. The molecule has 0 saturated carbocycles. The van der Waals surface area contributed by atoms with Crippen molar-refractivity contribution in [1.29, 1.82) is 0 Å². The first kappa shape index (κ1) is 12.0. The van der Waals surface area contributed by atoms with Crippen LogP contribution in [0.15, 0.2) is 4.99 Å². The molecule has 0 aliphatic heterocycles. The van der Waals surface area contributed by atoms with Crippen molar-refractivity contribution in [1.82, 2.24) is 0 Å². The molecule has 1 N–H and O–H groups in total. The molecule has 2 nitrogen and oxygen atoms in total. The Kier molecular flexibility index (Phi) is 8.46. The summed E-state index contributed by atoms with van der Waals surface area (Å²) in [5.41, 5.74) is 0. The van der Waals surface area contributed by atoms with Gasteiger partial charge in [-0.2, -0.15) is 4.99 Å². The molecule has 0 aromatic rings. The van der Waals surface area contributed by atoms with Crippen LogP contribution in [0, 0.1) is 0 Å². The average Bonchev–Trinajstić information content (AvgIpc) is 1.67. The summed E-state index contributed by atoms with van der Waals surface area (Å²) in [6.45, 7) is 1.99. The number of hydrogen-bond acceptors (Lipinski definition) is 2. The number of aliphatic imine (C=N–C) groups is 1. The van der Waals surface area contributed by atoms with E-state index < -0.39 is 0 Å². The van der Waals surface area contributed by atoms with E-state index in [1.807, 2.05) is 21.0 Å². The molecule has 0 aromatic heterocycles. The summed E-state index contributed by atoms with van der Waals surface area (Å²) in [6.07, 6.45) is 0.243. The maximum absolute atomic E-state index is 4.42. The Balaban J connectivity index is 0. The molecule has 0 radical (unpaired) electrons. The van der Waals surface area contributed by atoms with Crippen molar-refractivity contribution in [2.75, 3.05) is 14.1 Å². The minimum Gasteiger partial charge on any atom is -1.00 e. The van der Waals surface area contributed by atoms with Crippen molar-refractivity contribution in [3.05, 3.63) is 0 Å². The van der Waals surface area contributed by atoms with Gasteiger partial charge in [0.25, 0.3) is 0 Å². The third-order valence-corrected chi connectivity index (χ3v) is 1.19. The monoisotopic (exact) mass is 210 g/mol. The smallest absolute Gasteiger partial charge is 0.187 e. The summed E-state index contributed by atoms with van der Waals surface area (Å²) in [6, 6.07) is 0. The van der Waals surface area contributed by atoms with Crippen molar-refractivity contribution in [2.24, 2.45) is 4.99 Å². The number of thiocarbonyl (C=S) groups is 1. The molecule has 0 aromatic carbocycles. The Bertz CT molecular complexity index is 110. The van der Waals surface area contributed by atoms with E-state index in [2.05, 4.69) is 22.4 Å². The van der Waals surface area contributed by atoms with E-state index in [-0.39, 0.29) is 23.1 Å². The molecule has 1 unspecified atom stereocenters. The van der Waals surface area contributed by atoms with Gasteiger partial charge in [0.2, 0.25) is 0 Å². The number of hydrogen-bond donors (Lipinski definition) is 1. The number of quaternary nitrogens is 1. The van der Waals surface area contributed by atoms with Gasteiger partial charge in [-0.05, 0) is 12.2 Å². The van der Waals surface area contributed by atoms with Crippen LogP contribution >= 0.6 is 12.2 Å². The van der Waals surface area contributed by atoms with Crippen LogP contribution in [-0.2, 0) is 0 Å². The fourth-order valence-corrected chi connectivity index (χ4v) is 0.366. The van der Waals surface area contributed by atoms with Gasteiger partial charge >= 0.3 is 0 Å². The molecule has 0 saturated heterocycles. The van der Waals surface area contributed by atoms with Crippen LogP contribution in [0.2, 0.25) is 0 Å². The molecule has 54 valence electrons. The van der Waals surface area contributed by atoms with E-state index in [0.29, 0.717) is 0 Å². The Morgan fingerprint density at radius 1 is 1.56 bits per heavy atom. The van der Waals surface area contributed by atoms with E-state index in [1.165, 1.54) is 4.90 Å². The maximum atomic E-state index is 4.42. The minimum absolute atomic E-state index is 0. The zero-order valence-electron chi connectivity index (χ0n) is 5.81. The van der Waals surface area contributed by atoms with Crippen molar-refractivity contribution < 1.29 is 21.9 Å². The normalized spacial score (nSPS) is 11.6. The van der Waals surface area contributed by atoms with Crippen LogP contribution < -0.4 is 21.9 Å². The van der Waals surface area contributed by atoms with Gasteiger partial charge in [0.15, 0.2) is 6.17 Å². The summed E-state index contributed by atoms with van der Waals surface area (Å²) >= 11 is 4.42. The van der Waals surface area contributed by atoms with Crippen molar-refractivity contribution in [2.45, 2.75) is 13.1 Å². The molecule has 4 heteroatoms. The second-order valence-electron chi connectivity index (χ2n) is 1.97. The number of nitrogens with one attached hydrogen (secondary N) is 1. The number of isothiocyanates is 1. The Labute approximate surface area is 71.7 Å². The van der Waals surface area contributed by atoms with Gasteiger partial charge in [-0.15, -0.1) is 0 Å². The van der Waals surface area contributed by atoms with Crippen LogP contribution in [0.1, 0.15) is 6.92 Å². The van der Waals surface area contributed by atoms with E-state index in [4.69, 9.17) is 0 Å². The molecule has 9 heavy (non-hydrogen) atoms. The second kappa shape index (κ2) is 6.36. The lowest BCUT2D eigenvalue weighted by atomic mass is 10.5. The van der Waals surface area contributed by atoms with Crippen LogP contribution in [-0.4, -0.2) is 25.4 Å². The highest BCUT2D eigenvalue weighted by Gasteiger charge is 2.00. The van der Waals surface area contributed by atoms with Gasteiger partial charge < -0.3 is 21.9 Å². The second-order valence-corrected chi connectivity index (χ2v) is 2.16. The molecule has 0 fully saturated rings. The van der Waals surface area contributed by atoms with Gasteiger partial charge in [0.1, 0.15) is 0 Å². The fourth-order valence-electron chi connectivity index (χ4n) is 0.208. The highest BCUT2D eigenvalue weighted by atomic mass is 79.9. The van der Waals surface area contributed by atoms with E-state index >= 15 is 0 Å². The Morgan fingerprint density at radius 3 is 2.11 bits per heavy atom. The van der Waals surface area contributed by atoms with E-state index in [0.717, 1.165) is 0 Å². The number of nitrogens with zero attached hydrogens (tertiary/aromatic N) is 1. The molecule has 0 bridgehead atoms. The zero-order valence-corrected chi connectivity index (χ0v) is 8.21. The summed E-state index contributed by atoms with van der Waals surface area (Å²) in [5.74, 6) is 0. The molecular weight excluding hydrogens is 200 g/mol. The lowest BCUT2D eigenvalue weighted by Crippen LogP contribution is -3.09. The van der Waals surface area contributed by atoms with Crippen LogP contribution in [0.3, 0.4) is 0 Å². The topological polar surface area (TPSA) is 16.8 Å². The Hall–Kier alpha value is 0.240. The molecule has 0 aliphatic carbocycles. The van der Waals surface area contributed by atoms with Crippen molar-refractivity contribution >= 4 is 17.4 Å².